The Kier molecular flexibility index (Phi) is 8.45. The molecule has 3 rings (SSSR count). The number of piperazine rings is 1. The molecule has 1 atom stereocenters. The van der Waals surface area contributed by atoms with E-state index in [1.165, 1.54) is 6.07 Å². The number of halogens is 2. The van der Waals surface area contributed by atoms with Crippen LogP contribution in [0, 0.1) is 11.6 Å². The van der Waals surface area contributed by atoms with Gasteiger partial charge in [0.05, 0.1) is 12.6 Å². The van der Waals surface area contributed by atoms with Gasteiger partial charge in [-0.1, -0.05) is 0 Å². The number of nitrogens with one attached hydrogen (secondary N) is 1. The van der Waals surface area contributed by atoms with Crippen molar-refractivity contribution in [3.05, 3.63) is 29.8 Å². The number of guanidine groups is 1. The Hall–Kier alpha value is -2.42. The molecular formula is C22H33F2N5O2. The van der Waals surface area contributed by atoms with Crippen LogP contribution in [0.5, 0.6) is 5.75 Å². The van der Waals surface area contributed by atoms with Crippen LogP contribution in [0.4, 0.5) is 8.78 Å². The van der Waals surface area contributed by atoms with Gasteiger partial charge in [-0.3, -0.25) is 9.69 Å². The summed E-state index contributed by atoms with van der Waals surface area (Å²) in [6.45, 7) is 10.4. The smallest absolute Gasteiger partial charge is 0.239 e. The summed E-state index contributed by atoms with van der Waals surface area (Å²) in [6.07, 6.45) is 2.21. The first-order valence-electron chi connectivity index (χ1n) is 11.1. The van der Waals surface area contributed by atoms with E-state index < -0.39 is 11.6 Å². The van der Waals surface area contributed by atoms with Gasteiger partial charge >= 0.3 is 0 Å². The number of aliphatic imine (C=N–C) groups is 1. The van der Waals surface area contributed by atoms with Crippen LogP contribution in [-0.2, 0) is 4.79 Å². The highest BCUT2D eigenvalue weighted by Crippen LogP contribution is 2.16. The molecule has 0 saturated carbocycles. The maximum atomic E-state index is 13.3. The summed E-state index contributed by atoms with van der Waals surface area (Å²) in [4.78, 5) is 23.7. The fourth-order valence-electron chi connectivity index (χ4n) is 3.99. The summed E-state index contributed by atoms with van der Waals surface area (Å²) in [7, 11) is 0. The zero-order chi connectivity index (χ0) is 22.2. The van der Waals surface area contributed by atoms with Gasteiger partial charge in [-0.25, -0.2) is 13.8 Å². The first kappa shape index (κ1) is 23.2. The highest BCUT2D eigenvalue weighted by atomic mass is 19.2. The van der Waals surface area contributed by atoms with Crippen molar-refractivity contribution in [3.63, 3.8) is 0 Å². The standard InChI is InChI=1S/C22H33F2N5O2/c1-3-25-22(26-8-15-31-18-6-7-19(23)20(24)16-18)29-13-11-27(12-14-29)17(2)21(30)28-9-4-5-10-28/h6-7,16-17H,3-5,8-15H2,1-2H3,(H,25,26). The highest BCUT2D eigenvalue weighted by Gasteiger charge is 2.30. The number of ether oxygens (including phenoxy) is 1. The molecule has 2 fully saturated rings. The van der Waals surface area contributed by atoms with Crippen LogP contribution < -0.4 is 10.1 Å². The molecule has 9 heteroatoms. The third-order valence-electron chi connectivity index (χ3n) is 5.78. The van der Waals surface area contributed by atoms with E-state index in [0.29, 0.717) is 6.54 Å². The Balaban J connectivity index is 1.47. The van der Waals surface area contributed by atoms with Crippen LogP contribution >= 0.6 is 0 Å². The van der Waals surface area contributed by atoms with Gasteiger partial charge < -0.3 is 19.9 Å². The topological polar surface area (TPSA) is 60.4 Å². The number of carbonyl (C=O) groups excluding carboxylic acids is 1. The number of amides is 1. The lowest BCUT2D eigenvalue weighted by Crippen LogP contribution is -2.57. The third-order valence-corrected chi connectivity index (χ3v) is 5.78. The zero-order valence-corrected chi connectivity index (χ0v) is 18.4. The molecule has 31 heavy (non-hydrogen) atoms. The van der Waals surface area contributed by atoms with Gasteiger partial charge in [0, 0.05) is 51.9 Å². The Bertz CT molecular complexity index is 762. The van der Waals surface area contributed by atoms with Gasteiger partial charge in [0.1, 0.15) is 12.4 Å². The van der Waals surface area contributed by atoms with Crippen molar-refractivity contribution < 1.29 is 18.3 Å². The van der Waals surface area contributed by atoms with E-state index in [4.69, 9.17) is 4.74 Å². The molecule has 0 spiro atoms. The van der Waals surface area contributed by atoms with Crippen molar-refractivity contribution in [2.45, 2.75) is 32.7 Å². The fourth-order valence-corrected chi connectivity index (χ4v) is 3.99. The van der Waals surface area contributed by atoms with E-state index in [1.54, 1.807) is 0 Å². The number of rotatable bonds is 7. The van der Waals surface area contributed by atoms with Crippen LogP contribution in [0.15, 0.2) is 23.2 Å². The summed E-state index contributed by atoms with van der Waals surface area (Å²) >= 11 is 0. The van der Waals surface area contributed by atoms with Crippen molar-refractivity contribution in [2.24, 2.45) is 4.99 Å². The molecule has 2 heterocycles. The van der Waals surface area contributed by atoms with Crippen LogP contribution in [0.25, 0.3) is 0 Å². The first-order chi connectivity index (χ1) is 15.0. The Labute approximate surface area is 183 Å². The van der Waals surface area contributed by atoms with E-state index >= 15 is 0 Å². The van der Waals surface area contributed by atoms with Crippen molar-refractivity contribution >= 4 is 11.9 Å². The van der Waals surface area contributed by atoms with Crippen molar-refractivity contribution in [2.75, 3.05) is 59.0 Å². The number of nitrogens with zero attached hydrogens (tertiary/aromatic N) is 4. The molecule has 1 aromatic carbocycles. The second kappa shape index (κ2) is 11.3. The van der Waals surface area contributed by atoms with Gasteiger partial charge in [0.2, 0.25) is 5.91 Å². The lowest BCUT2D eigenvalue weighted by molar-refractivity contribution is -0.135. The number of hydrogen-bond donors (Lipinski definition) is 1. The van der Waals surface area contributed by atoms with E-state index in [-0.39, 0.29) is 24.3 Å². The lowest BCUT2D eigenvalue weighted by Gasteiger charge is -2.39. The number of carbonyl (C=O) groups is 1. The number of likely N-dealkylation sites (tertiary alicyclic amines) is 1. The third kappa shape index (κ3) is 6.29. The zero-order valence-electron chi connectivity index (χ0n) is 18.4. The van der Waals surface area contributed by atoms with Gasteiger partial charge in [0.25, 0.3) is 0 Å². The average Bonchev–Trinajstić information content (AvgIpc) is 3.32. The lowest BCUT2D eigenvalue weighted by atomic mass is 10.2. The fraction of sp³-hybridized carbons (Fsp3) is 0.636. The average molecular weight is 438 g/mol. The molecule has 2 saturated heterocycles. The molecule has 0 aromatic heterocycles. The summed E-state index contributed by atoms with van der Waals surface area (Å²) in [5.74, 6) is -0.500. The van der Waals surface area contributed by atoms with E-state index in [0.717, 1.165) is 76.7 Å². The normalized spacial score (nSPS) is 18.9. The quantitative estimate of drug-likeness (QED) is 0.401. The minimum Gasteiger partial charge on any atom is -0.492 e. The molecule has 1 unspecified atom stereocenters. The number of benzene rings is 1. The monoisotopic (exact) mass is 437 g/mol. The van der Waals surface area contributed by atoms with E-state index in [1.807, 2.05) is 18.7 Å². The molecule has 0 bridgehead atoms. The van der Waals surface area contributed by atoms with Crippen LogP contribution in [0.1, 0.15) is 26.7 Å². The van der Waals surface area contributed by atoms with Gasteiger partial charge in [-0.2, -0.15) is 0 Å². The summed E-state index contributed by atoms with van der Waals surface area (Å²) in [5, 5.41) is 3.30. The number of hydrogen-bond acceptors (Lipinski definition) is 4. The van der Waals surface area contributed by atoms with Gasteiger partial charge in [0.15, 0.2) is 17.6 Å². The Morgan fingerprint density at radius 3 is 2.45 bits per heavy atom. The Morgan fingerprint density at radius 2 is 1.81 bits per heavy atom. The molecule has 0 radical (unpaired) electrons. The van der Waals surface area contributed by atoms with Crippen LogP contribution in [-0.4, -0.2) is 91.6 Å². The first-order valence-corrected chi connectivity index (χ1v) is 11.1. The molecule has 2 aliphatic rings. The molecule has 1 aromatic rings. The van der Waals surface area contributed by atoms with E-state index in [2.05, 4.69) is 20.1 Å². The van der Waals surface area contributed by atoms with Crippen molar-refractivity contribution in [1.29, 1.82) is 0 Å². The second-order valence-electron chi connectivity index (χ2n) is 7.89. The van der Waals surface area contributed by atoms with Crippen LogP contribution in [0.3, 0.4) is 0 Å². The highest BCUT2D eigenvalue weighted by molar-refractivity contribution is 5.82. The molecule has 1 amide bonds. The van der Waals surface area contributed by atoms with Gasteiger partial charge in [-0.15, -0.1) is 0 Å². The van der Waals surface area contributed by atoms with Crippen molar-refractivity contribution in [1.82, 2.24) is 20.0 Å². The minimum atomic E-state index is -0.926. The maximum Gasteiger partial charge on any atom is 0.239 e. The molecule has 172 valence electrons. The summed E-state index contributed by atoms with van der Waals surface area (Å²) in [5.41, 5.74) is 0. The van der Waals surface area contributed by atoms with Crippen molar-refractivity contribution in [3.8, 4) is 5.75 Å². The Morgan fingerprint density at radius 1 is 1.10 bits per heavy atom. The summed E-state index contributed by atoms with van der Waals surface area (Å²) in [6, 6.07) is 3.39. The summed E-state index contributed by atoms with van der Waals surface area (Å²) < 4.78 is 31.7. The molecule has 7 nitrogen and oxygen atoms in total. The predicted molar refractivity (Wildman–Crippen MR) is 116 cm³/mol. The molecule has 1 N–H and O–H groups in total. The minimum absolute atomic E-state index is 0.0933. The second-order valence-corrected chi connectivity index (χ2v) is 7.89. The maximum absolute atomic E-state index is 13.3. The van der Waals surface area contributed by atoms with Gasteiger partial charge in [-0.05, 0) is 38.8 Å². The van der Waals surface area contributed by atoms with E-state index in [9.17, 15) is 13.6 Å². The van der Waals surface area contributed by atoms with Crippen LogP contribution in [0.2, 0.25) is 0 Å². The SMILES string of the molecule is CCNC(=NCCOc1ccc(F)c(F)c1)N1CCN(C(C)C(=O)N2CCCC2)CC1. The molecular weight excluding hydrogens is 404 g/mol. The predicted octanol–water partition coefficient (Wildman–Crippen LogP) is 1.94. The molecule has 2 aliphatic heterocycles. The largest absolute Gasteiger partial charge is 0.492 e. The molecule has 0 aliphatic carbocycles.